The van der Waals surface area contributed by atoms with Crippen molar-refractivity contribution in [1.29, 1.82) is 0 Å². The summed E-state index contributed by atoms with van der Waals surface area (Å²) in [6, 6.07) is 0. The van der Waals surface area contributed by atoms with E-state index in [4.69, 9.17) is 0 Å². The second-order valence-electron chi connectivity index (χ2n) is 3.05. The second kappa shape index (κ2) is 7.26. The summed E-state index contributed by atoms with van der Waals surface area (Å²) in [6.07, 6.45) is -15.5. The molecule has 0 aliphatic rings. The molecular formula is C8F12Sn. The predicted molar refractivity (Wildman–Crippen MR) is 47.2 cm³/mol. The molecule has 21 heavy (non-hydrogen) atoms. The average molecular weight is 443 g/mol. The normalized spacial score (nSPS) is 10.9. The first-order valence-electron chi connectivity index (χ1n) is 4.27. The van der Waals surface area contributed by atoms with Crippen molar-refractivity contribution in [2.75, 3.05) is 0 Å². The van der Waals surface area contributed by atoms with E-state index in [-0.39, 0.29) is 0 Å². The van der Waals surface area contributed by atoms with Gasteiger partial charge in [0.05, 0.1) is 0 Å². The van der Waals surface area contributed by atoms with Crippen molar-refractivity contribution in [1.82, 2.24) is 0 Å². The van der Waals surface area contributed by atoms with Crippen LogP contribution in [-0.2, 0) is 0 Å². The Morgan fingerprint density at radius 2 is 0.476 bits per heavy atom. The van der Waals surface area contributed by atoms with Gasteiger partial charge in [-0.2, -0.15) is 0 Å². The summed E-state index contributed by atoms with van der Waals surface area (Å²) in [5.41, 5.74) is 0. The van der Waals surface area contributed by atoms with E-state index in [1.165, 1.54) is 0 Å². The van der Waals surface area contributed by atoms with Gasteiger partial charge in [0.25, 0.3) is 0 Å². The van der Waals surface area contributed by atoms with Gasteiger partial charge in [-0.25, -0.2) is 0 Å². The molecule has 0 spiro atoms. The average Bonchev–Trinajstić information content (AvgIpc) is 2.37. The Kier molecular flexibility index (Phi) is 6.89. The molecule has 0 saturated heterocycles. The first kappa shape index (κ1) is 19.9. The fourth-order valence-corrected chi connectivity index (χ4v) is 7.68. The molecule has 0 nitrogen and oxygen atoms in total. The maximum absolute atomic E-state index is 13.1. The number of rotatable bonds is 4. The molecule has 0 rings (SSSR count). The molecule has 0 atom stereocenters. The molecule has 0 heterocycles. The van der Waals surface area contributed by atoms with Crippen molar-refractivity contribution in [2.45, 2.75) is 0 Å². The summed E-state index contributed by atoms with van der Waals surface area (Å²) in [5, 5.41) is 0. The van der Waals surface area contributed by atoms with Gasteiger partial charge in [0, 0.05) is 0 Å². The Balaban J connectivity index is 7.21. The third-order valence-electron chi connectivity index (χ3n) is 1.98. The molecule has 0 unspecified atom stereocenters. The van der Waals surface area contributed by atoms with Crippen LogP contribution < -0.4 is 0 Å². The zero-order valence-electron chi connectivity index (χ0n) is 9.04. The number of hydrogen-bond donors (Lipinski definition) is 0. The van der Waals surface area contributed by atoms with Gasteiger partial charge >= 0.3 is 111 Å². The number of halogens is 12. The van der Waals surface area contributed by atoms with Crippen LogP contribution >= 0.6 is 0 Å². The second-order valence-corrected chi connectivity index (χ2v) is 12.3. The molecule has 0 aromatic heterocycles. The molecule has 0 saturated carbocycles. The summed E-state index contributed by atoms with van der Waals surface area (Å²) in [5.74, 6) is 0. The standard InChI is InChI=1S/4C2F3.Sn/c4*3-1-2(4)5;. The van der Waals surface area contributed by atoms with Crippen LogP contribution in [0.15, 0.2) is 39.7 Å². The Bertz CT molecular complexity index is 438. The first-order valence-corrected chi connectivity index (χ1v) is 9.98. The van der Waals surface area contributed by atoms with Crippen LogP contribution in [0.1, 0.15) is 0 Å². The SMILES string of the molecule is FC(F)=[C](F)[Sn]([C](F)=C(F)F)([C](F)=C(F)F)[C](F)=C(F)F. The zero-order valence-corrected chi connectivity index (χ0v) is 11.9. The fraction of sp³-hybridized carbons (Fsp3) is 0. The van der Waals surface area contributed by atoms with E-state index in [9.17, 15) is 52.7 Å². The van der Waals surface area contributed by atoms with E-state index < -0.39 is 58.1 Å². The van der Waals surface area contributed by atoms with E-state index in [1.54, 1.807) is 0 Å². The van der Waals surface area contributed by atoms with Crippen molar-refractivity contribution in [2.24, 2.45) is 0 Å². The van der Waals surface area contributed by atoms with Crippen LogP contribution in [0.5, 0.6) is 0 Å². The van der Waals surface area contributed by atoms with Crippen LogP contribution in [-0.4, -0.2) is 18.4 Å². The molecule has 0 fully saturated rings. The van der Waals surface area contributed by atoms with E-state index in [1.807, 2.05) is 0 Å². The van der Waals surface area contributed by atoms with Crippen LogP contribution in [0.2, 0.25) is 0 Å². The molecule has 120 valence electrons. The quantitative estimate of drug-likeness (QED) is 0.375. The molecule has 0 aliphatic heterocycles. The molecule has 0 aromatic carbocycles. The molecule has 0 bridgehead atoms. The Hall–Kier alpha value is -1.08. The van der Waals surface area contributed by atoms with E-state index in [0.717, 1.165) is 0 Å². The molecule has 0 amide bonds. The first-order chi connectivity index (χ1) is 9.42. The Labute approximate surface area is 111 Å². The van der Waals surface area contributed by atoms with Crippen molar-refractivity contribution < 1.29 is 52.7 Å². The van der Waals surface area contributed by atoms with E-state index >= 15 is 0 Å². The summed E-state index contributed by atoms with van der Waals surface area (Å²) in [6.45, 7) is 0. The maximum atomic E-state index is 13.1. The van der Waals surface area contributed by atoms with Gasteiger partial charge in [-0.05, 0) is 0 Å². The molecule has 0 aliphatic carbocycles. The monoisotopic (exact) mass is 444 g/mol. The Morgan fingerprint density at radius 1 is 0.333 bits per heavy atom. The van der Waals surface area contributed by atoms with Crippen molar-refractivity contribution in [3.05, 3.63) is 39.7 Å². The molecular weight excluding hydrogens is 443 g/mol. The number of hydrogen-bond acceptors (Lipinski definition) is 0. The summed E-state index contributed by atoms with van der Waals surface area (Å²) in [7, 11) is 0. The van der Waals surface area contributed by atoms with Crippen LogP contribution in [0.3, 0.4) is 0 Å². The third-order valence-corrected chi connectivity index (χ3v) is 11.7. The van der Waals surface area contributed by atoms with Gasteiger partial charge in [0.15, 0.2) is 0 Å². The molecule has 13 heteroatoms. The molecule has 0 N–H and O–H groups in total. The van der Waals surface area contributed by atoms with Crippen LogP contribution in [0.25, 0.3) is 0 Å². The van der Waals surface area contributed by atoms with Crippen LogP contribution in [0.4, 0.5) is 52.7 Å². The van der Waals surface area contributed by atoms with E-state index in [0.29, 0.717) is 0 Å². The van der Waals surface area contributed by atoms with Gasteiger partial charge in [-0.1, -0.05) is 0 Å². The minimum atomic E-state index is -8.57. The topological polar surface area (TPSA) is 0 Å². The minimum absolute atomic E-state index is 3.72. The van der Waals surface area contributed by atoms with E-state index in [2.05, 4.69) is 0 Å². The zero-order chi connectivity index (χ0) is 17.1. The molecule has 0 aromatic rings. The van der Waals surface area contributed by atoms with Gasteiger partial charge in [0.2, 0.25) is 0 Å². The van der Waals surface area contributed by atoms with Gasteiger partial charge in [0.1, 0.15) is 0 Å². The van der Waals surface area contributed by atoms with Gasteiger partial charge in [-0.3, -0.25) is 0 Å². The van der Waals surface area contributed by atoms with Crippen LogP contribution in [0, 0.1) is 0 Å². The van der Waals surface area contributed by atoms with Crippen molar-refractivity contribution in [3.63, 3.8) is 0 Å². The van der Waals surface area contributed by atoms with Crippen molar-refractivity contribution in [3.8, 4) is 0 Å². The predicted octanol–water partition coefficient (Wildman–Crippen LogP) is 5.90. The van der Waals surface area contributed by atoms with Gasteiger partial charge in [-0.15, -0.1) is 0 Å². The van der Waals surface area contributed by atoms with Crippen molar-refractivity contribution >= 4 is 18.4 Å². The third kappa shape index (κ3) is 3.58. The Morgan fingerprint density at radius 3 is 0.571 bits per heavy atom. The summed E-state index contributed by atoms with van der Waals surface area (Å²) >= 11 is -8.57. The summed E-state index contributed by atoms with van der Waals surface area (Å²) in [4.78, 5) is 0. The van der Waals surface area contributed by atoms with Gasteiger partial charge < -0.3 is 0 Å². The summed E-state index contributed by atoms with van der Waals surface area (Å²) < 4.78 is 134. The molecule has 0 radical (unpaired) electrons. The fourth-order valence-electron chi connectivity index (χ4n) is 1.15.